The fourth-order valence-electron chi connectivity index (χ4n) is 2.73. The molecule has 3 rings (SSSR count). The highest BCUT2D eigenvalue weighted by Crippen LogP contribution is 2.18. The Kier molecular flexibility index (Phi) is 3.91. The monoisotopic (exact) mass is 298 g/mol. The molecule has 0 radical (unpaired) electrons. The van der Waals surface area contributed by atoms with Crippen molar-refractivity contribution in [3.05, 3.63) is 48.3 Å². The van der Waals surface area contributed by atoms with Crippen LogP contribution in [0.15, 0.2) is 42.7 Å². The molecular weight excluding hydrogens is 280 g/mol. The average molecular weight is 298 g/mol. The molecule has 1 saturated heterocycles. The molecule has 0 spiro atoms. The summed E-state index contributed by atoms with van der Waals surface area (Å²) in [5, 5.41) is 4.23. The van der Waals surface area contributed by atoms with Crippen LogP contribution >= 0.6 is 0 Å². The standard InChI is InChI=1S/C16H18N4O2/c17-15(21)12-5-4-8-19(10-12)16(22)13-9-18-20(11-13)14-6-2-1-3-7-14/h1-3,6-7,9,11-12H,4-5,8,10H2,(H2,17,21). The number of likely N-dealkylation sites (tertiary alicyclic amines) is 1. The van der Waals surface area contributed by atoms with Crippen LogP contribution in [0.4, 0.5) is 0 Å². The maximum absolute atomic E-state index is 12.5. The largest absolute Gasteiger partial charge is 0.369 e. The van der Waals surface area contributed by atoms with Gasteiger partial charge in [-0.3, -0.25) is 9.59 Å². The zero-order chi connectivity index (χ0) is 15.5. The molecule has 114 valence electrons. The van der Waals surface area contributed by atoms with E-state index in [1.54, 1.807) is 22.0 Å². The summed E-state index contributed by atoms with van der Waals surface area (Å²) < 4.78 is 1.67. The summed E-state index contributed by atoms with van der Waals surface area (Å²) in [5.74, 6) is -0.688. The minimum atomic E-state index is -0.336. The fraction of sp³-hybridized carbons (Fsp3) is 0.312. The van der Waals surface area contributed by atoms with Crippen molar-refractivity contribution in [2.45, 2.75) is 12.8 Å². The number of carbonyl (C=O) groups excluding carboxylic acids is 2. The van der Waals surface area contributed by atoms with Gasteiger partial charge in [-0.25, -0.2) is 4.68 Å². The van der Waals surface area contributed by atoms with Gasteiger partial charge in [0.25, 0.3) is 5.91 Å². The maximum atomic E-state index is 12.5. The number of para-hydroxylation sites is 1. The number of amides is 2. The molecule has 2 amide bonds. The van der Waals surface area contributed by atoms with Gasteiger partial charge in [0.05, 0.1) is 23.4 Å². The average Bonchev–Trinajstić information content (AvgIpc) is 3.05. The molecule has 2 N–H and O–H groups in total. The van der Waals surface area contributed by atoms with E-state index in [1.807, 2.05) is 30.3 Å². The number of piperidine rings is 1. The first-order chi connectivity index (χ1) is 10.6. The van der Waals surface area contributed by atoms with Crippen LogP contribution in [0.2, 0.25) is 0 Å². The van der Waals surface area contributed by atoms with Crippen LogP contribution in [0.1, 0.15) is 23.2 Å². The van der Waals surface area contributed by atoms with Gasteiger partial charge in [0.2, 0.25) is 5.91 Å². The van der Waals surface area contributed by atoms with Crippen molar-refractivity contribution in [1.29, 1.82) is 0 Å². The number of nitrogens with two attached hydrogens (primary N) is 1. The quantitative estimate of drug-likeness (QED) is 0.924. The molecule has 0 aliphatic carbocycles. The Labute approximate surface area is 128 Å². The van der Waals surface area contributed by atoms with Gasteiger partial charge in [0, 0.05) is 19.3 Å². The summed E-state index contributed by atoms with van der Waals surface area (Å²) in [6.45, 7) is 1.05. The molecule has 1 unspecified atom stereocenters. The van der Waals surface area contributed by atoms with Crippen molar-refractivity contribution in [3.8, 4) is 5.69 Å². The topological polar surface area (TPSA) is 81.2 Å². The number of primary amides is 1. The summed E-state index contributed by atoms with van der Waals surface area (Å²) in [4.78, 5) is 25.5. The lowest BCUT2D eigenvalue weighted by Crippen LogP contribution is -2.44. The van der Waals surface area contributed by atoms with Gasteiger partial charge < -0.3 is 10.6 Å². The second-order valence-corrected chi connectivity index (χ2v) is 5.50. The van der Waals surface area contributed by atoms with Crippen molar-refractivity contribution < 1.29 is 9.59 Å². The predicted molar refractivity (Wildman–Crippen MR) is 81.4 cm³/mol. The minimum Gasteiger partial charge on any atom is -0.369 e. The summed E-state index contributed by atoms with van der Waals surface area (Å²) in [6, 6.07) is 9.61. The Hall–Kier alpha value is -2.63. The van der Waals surface area contributed by atoms with E-state index in [2.05, 4.69) is 5.10 Å². The second kappa shape index (κ2) is 6.01. The third kappa shape index (κ3) is 2.86. The molecular formula is C16H18N4O2. The first-order valence-electron chi connectivity index (χ1n) is 7.34. The third-order valence-corrected chi connectivity index (χ3v) is 3.96. The van der Waals surface area contributed by atoms with Crippen molar-refractivity contribution >= 4 is 11.8 Å². The summed E-state index contributed by atoms with van der Waals surface area (Å²) >= 11 is 0. The number of rotatable bonds is 3. The Balaban J connectivity index is 1.76. The highest BCUT2D eigenvalue weighted by atomic mass is 16.2. The number of benzene rings is 1. The van der Waals surface area contributed by atoms with Gasteiger partial charge in [-0.15, -0.1) is 0 Å². The summed E-state index contributed by atoms with van der Waals surface area (Å²) in [6.07, 6.45) is 4.82. The first-order valence-corrected chi connectivity index (χ1v) is 7.34. The lowest BCUT2D eigenvalue weighted by molar-refractivity contribution is -0.123. The third-order valence-electron chi connectivity index (χ3n) is 3.96. The zero-order valence-corrected chi connectivity index (χ0v) is 12.2. The zero-order valence-electron chi connectivity index (χ0n) is 12.2. The Morgan fingerprint density at radius 3 is 2.73 bits per heavy atom. The highest BCUT2D eigenvalue weighted by molar-refractivity contribution is 5.94. The molecule has 2 aromatic rings. The predicted octanol–water partition coefficient (Wildman–Crippen LogP) is 1.21. The van der Waals surface area contributed by atoms with Gasteiger partial charge in [-0.1, -0.05) is 18.2 Å². The second-order valence-electron chi connectivity index (χ2n) is 5.50. The van der Waals surface area contributed by atoms with Gasteiger partial charge in [-0.05, 0) is 25.0 Å². The van der Waals surface area contributed by atoms with E-state index in [0.717, 1.165) is 18.5 Å². The van der Waals surface area contributed by atoms with E-state index in [-0.39, 0.29) is 17.7 Å². The van der Waals surface area contributed by atoms with E-state index in [1.165, 1.54) is 0 Å². The van der Waals surface area contributed by atoms with Gasteiger partial charge in [0.1, 0.15) is 0 Å². The van der Waals surface area contributed by atoms with Crippen LogP contribution in [0.3, 0.4) is 0 Å². The molecule has 1 aromatic heterocycles. The minimum absolute atomic E-state index is 0.104. The smallest absolute Gasteiger partial charge is 0.257 e. The normalized spacial score (nSPS) is 18.2. The van der Waals surface area contributed by atoms with E-state index in [9.17, 15) is 9.59 Å². The molecule has 6 heteroatoms. The molecule has 1 aromatic carbocycles. The van der Waals surface area contributed by atoms with Crippen LogP contribution in [0, 0.1) is 5.92 Å². The molecule has 6 nitrogen and oxygen atoms in total. The Morgan fingerprint density at radius 2 is 2.00 bits per heavy atom. The van der Waals surface area contributed by atoms with Crippen LogP contribution < -0.4 is 5.73 Å². The molecule has 22 heavy (non-hydrogen) atoms. The molecule has 1 fully saturated rings. The number of aromatic nitrogens is 2. The molecule has 1 aliphatic rings. The highest BCUT2D eigenvalue weighted by Gasteiger charge is 2.28. The van der Waals surface area contributed by atoms with Gasteiger partial charge in [-0.2, -0.15) is 5.10 Å². The molecule has 2 heterocycles. The van der Waals surface area contributed by atoms with E-state index >= 15 is 0 Å². The SMILES string of the molecule is NC(=O)C1CCCN(C(=O)c2cnn(-c3ccccc3)c2)C1. The van der Waals surface area contributed by atoms with Gasteiger partial charge in [0.15, 0.2) is 0 Å². The fourth-order valence-corrected chi connectivity index (χ4v) is 2.73. The van der Waals surface area contributed by atoms with Crippen molar-refractivity contribution in [2.75, 3.05) is 13.1 Å². The lowest BCUT2D eigenvalue weighted by Gasteiger charge is -2.30. The maximum Gasteiger partial charge on any atom is 0.257 e. The number of hydrogen-bond acceptors (Lipinski definition) is 3. The number of nitrogens with zero attached hydrogens (tertiary/aromatic N) is 3. The number of carbonyl (C=O) groups is 2. The van der Waals surface area contributed by atoms with E-state index in [4.69, 9.17) is 5.73 Å². The number of hydrogen-bond donors (Lipinski definition) is 1. The molecule has 0 saturated carbocycles. The van der Waals surface area contributed by atoms with Crippen molar-refractivity contribution in [3.63, 3.8) is 0 Å². The van der Waals surface area contributed by atoms with Gasteiger partial charge >= 0.3 is 0 Å². The van der Waals surface area contributed by atoms with Crippen LogP contribution in [0.25, 0.3) is 5.69 Å². The Morgan fingerprint density at radius 1 is 1.23 bits per heavy atom. The van der Waals surface area contributed by atoms with Crippen LogP contribution in [0.5, 0.6) is 0 Å². The molecule has 1 atom stereocenters. The van der Waals surface area contributed by atoms with Crippen LogP contribution in [-0.2, 0) is 4.79 Å². The summed E-state index contributed by atoms with van der Waals surface area (Å²) in [7, 11) is 0. The van der Waals surface area contributed by atoms with Crippen LogP contribution in [-0.4, -0.2) is 39.6 Å². The molecule has 1 aliphatic heterocycles. The van der Waals surface area contributed by atoms with E-state index in [0.29, 0.717) is 18.7 Å². The van der Waals surface area contributed by atoms with E-state index < -0.39 is 0 Å². The van der Waals surface area contributed by atoms with Crippen molar-refractivity contribution in [1.82, 2.24) is 14.7 Å². The van der Waals surface area contributed by atoms with Crippen molar-refractivity contribution in [2.24, 2.45) is 11.7 Å². The Bertz CT molecular complexity index is 680. The first kappa shape index (κ1) is 14.3. The summed E-state index contributed by atoms with van der Waals surface area (Å²) in [5.41, 5.74) is 6.78. The molecule has 0 bridgehead atoms. The lowest BCUT2D eigenvalue weighted by atomic mass is 9.97.